The second-order valence-electron chi connectivity index (χ2n) is 5.23. The van der Waals surface area contributed by atoms with Crippen LogP contribution < -0.4 is 4.90 Å². The summed E-state index contributed by atoms with van der Waals surface area (Å²) in [6.07, 6.45) is 0. The highest BCUT2D eigenvalue weighted by Crippen LogP contribution is 2.25. The fourth-order valence-corrected chi connectivity index (χ4v) is 2.86. The Labute approximate surface area is 134 Å². The smallest absolute Gasteiger partial charge is 0.335 e. The van der Waals surface area contributed by atoms with Gasteiger partial charge in [0, 0.05) is 31.1 Å². The largest absolute Gasteiger partial charge is 0.478 e. The Kier molecular flexibility index (Phi) is 5.03. The Morgan fingerprint density at radius 2 is 2.00 bits per heavy atom. The van der Waals surface area contributed by atoms with Crippen LogP contribution in [0.1, 0.15) is 27.2 Å². The van der Waals surface area contributed by atoms with E-state index in [1.54, 1.807) is 18.2 Å². The SMILES string of the molecule is Cc1nc(SCc2cccc(C(=O)O)c2)nc(N(C)C)c1C. The van der Waals surface area contributed by atoms with Crippen LogP contribution in [0.2, 0.25) is 0 Å². The fourth-order valence-electron chi connectivity index (χ4n) is 2.03. The highest BCUT2D eigenvalue weighted by molar-refractivity contribution is 7.98. The minimum Gasteiger partial charge on any atom is -0.478 e. The Bertz CT molecular complexity index is 702. The number of carboxylic acid groups (broad SMARTS) is 1. The van der Waals surface area contributed by atoms with Gasteiger partial charge in [0.25, 0.3) is 0 Å². The van der Waals surface area contributed by atoms with Gasteiger partial charge in [-0.25, -0.2) is 14.8 Å². The van der Waals surface area contributed by atoms with Gasteiger partial charge in [-0.2, -0.15) is 0 Å². The Morgan fingerprint density at radius 1 is 1.27 bits per heavy atom. The predicted molar refractivity (Wildman–Crippen MR) is 88.8 cm³/mol. The molecule has 0 amide bonds. The van der Waals surface area contributed by atoms with Crippen molar-refractivity contribution in [3.8, 4) is 0 Å². The molecule has 2 aromatic rings. The molecule has 116 valence electrons. The van der Waals surface area contributed by atoms with E-state index in [1.165, 1.54) is 11.8 Å². The first kappa shape index (κ1) is 16.3. The van der Waals surface area contributed by atoms with Crippen LogP contribution in [0, 0.1) is 13.8 Å². The van der Waals surface area contributed by atoms with Crippen molar-refractivity contribution in [2.24, 2.45) is 0 Å². The molecule has 0 saturated carbocycles. The lowest BCUT2D eigenvalue weighted by molar-refractivity contribution is 0.0697. The highest BCUT2D eigenvalue weighted by atomic mass is 32.2. The maximum Gasteiger partial charge on any atom is 0.335 e. The van der Waals surface area contributed by atoms with Gasteiger partial charge in [-0.15, -0.1) is 0 Å². The van der Waals surface area contributed by atoms with E-state index in [1.807, 2.05) is 38.9 Å². The maximum absolute atomic E-state index is 11.0. The molecule has 0 bridgehead atoms. The van der Waals surface area contributed by atoms with Crippen LogP contribution in [-0.4, -0.2) is 35.1 Å². The zero-order valence-electron chi connectivity index (χ0n) is 13.1. The molecule has 5 nitrogen and oxygen atoms in total. The number of nitrogens with zero attached hydrogens (tertiary/aromatic N) is 3. The second-order valence-corrected chi connectivity index (χ2v) is 6.17. The van der Waals surface area contributed by atoms with Gasteiger partial charge in [-0.3, -0.25) is 0 Å². The standard InChI is InChI=1S/C16H19N3O2S/c1-10-11(2)17-16(18-14(10)19(3)4)22-9-12-6-5-7-13(8-12)15(20)21/h5-8H,9H2,1-4H3,(H,20,21). The maximum atomic E-state index is 11.0. The van der Waals surface area contributed by atoms with E-state index in [4.69, 9.17) is 5.11 Å². The lowest BCUT2D eigenvalue weighted by Gasteiger charge is -2.16. The molecule has 0 aliphatic carbocycles. The van der Waals surface area contributed by atoms with E-state index in [-0.39, 0.29) is 0 Å². The van der Waals surface area contributed by atoms with E-state index in [2.05, 4.69) is 9.97 Å². The Balaban J connectivity index is 2.18. The summed E-state index contributed by atoms with van der Waals surface area (Å²) in [4.78, 5) is 22.0. The van der Waals surface area contributed by atoms with Crippen LogP contribution in [0.5, 0.6) is 0 Å². The monoisotopic (exact) mass is 317 g/mol. The summed E-state index contributed by atoms with van der Waals surface area (Å²) < 4.78 is 0. The zero-order valence-corrected chi connectivity index (χ0v) is 13.9. The third kappa shape index (κ3) is 3.76. The molecular formula is C16H19N3O2S. The molecule has 2 rings (SSSR count). The molecule has 0 aliphatic rings. The highest BCUT2D eigenvalue weighted by Gasteiger charge is 2.11. The van der Waals surface area contributed by atoms with Crippen molar-refractivity contribution in [3.05, 3.63) is 46.6 Å². The first-order valence-corrected chi connectivity index (χ1v) is 7.84. The van der Waals surface area contributed by atoms with E-state index < -0.39 is 5.97 Å². The summed E-state index contributed by atoms with van der Waals surface area (Å²) in [6.45, 7) is 3.98. The zero-order chi connectivity index (χ0) is 16.3. The number of aromatic carboxylic acids is 1. The number of hydrogen-bond donors (Lipinski definition) is 1. The lowest BCUT2D eigenvalue weighted by atomic mass is 10.1. The van der Waals surface area contributed by atoms with Crippen LogP contribution in [0.15, 0.2) is 29.4 Å². The van der Waals surface area contributed by atoms with Gasteiger partial charge >= 0.3 is 5.97 Å². The molecule has 6 heteroatoms. The van der Waals surface area contributed by atoms with Gasteiger partial charge < -0.3 is 10.0 Å². The van der Waals surface area contributed by atoms with Gasteiger partial charge in [-0.1, -0.05) is 23.9 Å². The number of anilines is 1. The molecule has 1 aromatic heterocycles. The number of carbonyl (C=O) groups is 1. The first-order valence-electron chi connectivity index (χ1n) is 6.86. The van der Waals surface area contributed by atoms with Gasteiger partial charge in [0.15, 0.2) is 5.16 Å². The predicted octanol–water partition coefficient (Wildman–Crippen LogP) is 3.15. The number of aryl methyl sites for hydroxylation is 1. The third-order valence-electron chi connectivity index (χ3n) is 3.31. The van der Waals surface area contributed by atoms with Crippen molar-refractivity contribution < 1.29 is 9.90 Å². The van der Waals surface area contributed by atoms with Crippen LogP contribution in [0.4, 0.5) is 5.82 Å². The molecule has 1 heterocycles. The minimum absolute atomic E-state index is 0.299. The Morgan fingerprint density at radius 3 is 2.64 bits per heavy atom. The summed E-state index contributed by atoms with van der Waals surface area (Å²) in [5.41, 5.74) is 3.27. The fraction of sp³-hybridized carbons (Fsp3) is 0.312. The number of carboxylic acids is 1. The Hall–Kier alpha value is -2.08. The van der Waals surface area contributed by atoms with Gasteiger partial charge in [0.2, 0.25) is 0 Å². The molecule has 0 saturated heterocycles. The summed E-state index contributed by atoms with van der Waals surface area (Å²) in [7, 11) is 3.92. The van der Waals surface area contributed by atoms with Crippen molar-refractivity contribution in [3.63, 3.8) is 0 Å². The van der Waals surface area contributed by atoms with Crippen molar-refractivity contribution in [2.75, 3.05) is 19.0 Å². The molecule has 22 heavy (non-hydrogen) atoms. The van der Waals surface area contributed by atoms with E-state index in [0.29, 0.717) is 16.5 Å². The summed E-state index contributed by atoms with van der Waals surface area (Å²) in [5, 5.41) is 9.72. The lowest BCUT2D eigenvalue weighted by Crippen LogP contribution is -2.14. The van der Waals surface area contributed by atoms with Gasteiger partial charge in [0.1, 0.15) is 5.82 Å². The number of rotatable bonds is 5. The molecule has 0 atom stereocenters. The average Bonchev–Trinajstić information content (AvgIpc) is 2.48. The second kappa shape index (κ2) is 6.79. The molecule has 1 N–H and O–H groups in total. The quantitative estimate of drug-likeness (QED) is 0.675. The number of aromatic nitrogens is 2. The van der Waals surface area contributed by atoms with Crippen LogP contribution in [0.25, 0.3) is 0 Å². The third-order valence-corrected chi connectivity index (χ3v) is 4.23. The molecule has 0 fully saturated rings. The first-order chi connectivity index (χ1) is 10.4. The molecule has 0 aliphatic heterocycles. The van der Waals surface area contributed by atoms with Gasteiger partial charge in [0.05, 0.1) is 5.56 Å². The molecule has 1 aromatic carbocycles. The van der Waals surface area contributed by atoms with Crippen LogP contribution in [-0.2, 0) is 5.75 Å². The number of hydrogen-bond acceptors (Lipinski definition) is 5. The summed E-state index contributed by atoms with van der Waals surface area (Å²) in [5.74, 6) is 0.634. The van der Waals surface area contributed by atoms with Crippen LogP contribution in [0.3, 0.4) is 0 Å². The number of thioether (sulfide) groups is 1. The summed E-state index contributed by atoms with van der Waals surface area (Å²) in [6, 6.07) is 6.94. The molecular weight excluding hydrogens is 298 g/mol. The van der Waals surface area contributed by atoms with Crippen molar-refractivity contribution in [1.29, 1.82) is 0 Å². The topological polar surface area (TPSA) is 66.3 Å². The van der Waals surface area contributed by atoms with Gasteiger partial charge in [-0.05, 0) is 31.5 Å². The average molecular weight is 317 g/mol. The van der Waals surface area contributed by atoms with Crippen molar-refractivity contribution in [2.45, 2.75) is 24.8 Å². The summed E-state index contributed by atoms with van der Waals surface area (Å²) >= 11 is 1.51. The normalized spacial score (nSPS) is 10.5. The van der Waals surface area contributed by atoms with E-state index >= 15 is 0 Å². The number of benzene rings is 1. The molecule has 0 unspecified atom stereocenters. The molecule has 0 spiro atoms. The van der Waals surface area contributed by atoms with Crippen molar-refractivity contribution in [1.82, 2.24) is 9.97 Å². The van der Waals surface area contributed by atoms with Crippen LogP contribution >= 0.6 is 11.8 Å². The van der Waals surface area contributed by atoms with E-state index in [9.17, 15) is 4.79 Å². The van der Waals surface area contributed by atoms with Crippen molar-refractivity contribution >= 4 is 23.5 Å². The molecule has 0 radical (unpaired) electrons. The minimum atomic E-state index is -0.913. The van der Waals surface area contributed by atoms with E-state index in [0.717, 1.165) is 22.6 Å².